The molecule has 1 rings (SSSR count). The molecule has 0 radical (unpaired) electrons. The minimum Gasteiger partial charge on any atom is -0.316 e. The maximum absolute atomic E-state index is 3.53. The fourth-order valence-electron chi connectivity index (χ4n) is 2.80. The monoisotopic (exact) mass is 212 g/mol. The van der Waals surface area contributed by atoms with E-state index in [-0.39, 0.29) is 0 Å². The van der Waals surface area contributed by atoms with Crippen molar-refractivity contribution in [2.24, 2.45) is 11.3 Å². The van der Waals surface area contributed by atoms with Gasteiger partial charge < -0.3 is 10.2 Å². The third-order valence-corrected chi connectivity index (χ3v) is 3.68. The lowest BCUT2D eigenvalue weighted by Crippen LogP contribution is -2.44. The highest BCUT2D eigenvalue weighted by atomic mass is 15.1. The van der Waals surface area contributed by atoms with E-state index in [1.54, 1.807) is 0 Å². The van der Waals surface area contributed by atoms with Crippen LogP contribution in [0.5, 0.6) is 0 Å². The first kappa shape index (κ1) is 13.0. The van der Waals surface area contributed by atoms with Crippen molar-refractivity contribution in [2.45, 2.75) is 40.0 Å². The first-order chi connectivity index (χ1) is 7.06. The molecule has 15 heavy (non-hydrogen) atoms. The first-order valence-electron chi connectivity index (χ1n) is 6.45. The SMILES string of the molecule is CCCN(C)CC(C)(C)C1CCCNC1. The third kappa shape index (κ3) is 4.12. The summed E-state index contributed by atoms with van der Waals surface area (Å²) in [6, 6.07) is 0. The highest BCUT2D eigenvalue weighted by Gasteiger charge is 2.31. The second kappa shape index (κ2) is 5.86. The zero-order valence-electron chi connectivity index (χ0n) is 11.0. The average Bonchev–Trinajstić information content (AvgIpc) is 2.18. The van der Waals surface area contributed by atoms with Crippen LogP contribution in [0.4, 0.5) is 0 Å². The fourth-order valence-corrected chi connectivity index (χ4v) is 2.80. The predicted octanol–water partition coefficient (Wildman–Crippen LogP) is 2.35. The molecule has 1 saturated heterocycles. The zero-order valence-corrected chi connectivity index (χ0v) is 11.0. The first-order valence-corrected chi connectivity index (χ1v) is 6.45. The van der Waals surface area contributed by atoms with E-state index in [2.05, 4.69) is 38.0 Å². The van der Waals surface area contributed by atoms with Crippen LogP contribution in [0.1, 0.15) is 40.0 Å². The Morgan fingerprint density at radius 2 is 2.13 bits per heavy atom. The van der Waals surface area contributed by atoms with Crippen molar-refractivity contribution < 1.29 is 0 Å². The molecule has 0 aliphatic carbocycles. The Kier molecular flexibility index (Phi) is 5.07. The van der Waals surface area contributed by atoms with E-state index >= 15 is 0 Å². The summed E-state index contributed by atoms with van der Waals surface area (Å²) in [6.45, 7) is 12.0. The second-order valence-electron chi connectivity index (χ2n) is 5.77. The summed E-state index contributed by atoms with van der Waals surface area (Å²) in [6.07, 6.45) is 4.01. The molecule has 1 heterocycles. The molecule has 0 bridgehead atoms. The van der Waals surface area contributed by atoms with E-state index in [1.807, 2.05) is 0 Å². The van der Waals surface area contributed by atoms with Gasteiger partial charge in [0, 0.05) is 6.54 Å². The maximum atomic E-state index is 3.53. The van der Waals surface area contributed by atoms with Crippen LogP contribution < -0.4 is 5.32 Å². The molecular weight excluding hydrogens is 184 g/mol. The molecule has 0 spiro atoms. The lowest BCUT2D eigenvalue weighted by Gasteiger charge is -2.39. The predicted molar refractivity (Wildman–Crippen MR) is 67.2 cm³/mol. The van der Waals surface area contributed by atoms with Gasteiger partial charge in [-0.1, -0.05) is 20.8 Å². The Morgan fingerprint density at radius 3 is 2.67 bits per heavy atom. The summed E-state index contributed by atoms with van der Waals surface area (Å²) in [5.74, 6) is 0.852. The zero-order chi connectivity index (χ0) is 11.3. The van der Waals surface area contributed by atoms with Gasteiger partial charge in [0.2, 0.25) is 0 Å². The fraction of sp³-hybridized carbons (Fsp3) is 1.00. The van der Waals surface area contributed by atoms with Crippen molar-refractivity contribution in [1.82, 2.24) is 10.2 Å². The second-order valence-corrected chi connectivity index (χ2v) is 5.77. The molecule has 1 atom stereocenters. The van der Waals surface area contributed by atoms with Crippen molar-refractivity contribution in [3.63, 3.8) is 0 Å². The average molecular weight is 212 g/mol. The van der Waals surface area contributed by atoms with E-state index in [0.717, 1.165) is 5.92 Å². The van der Waals surface area contributed by atoms with Crippen LogP contribution in [0.25, 0.3) is 0 Å². The molecule has 1 aliphatic heterocycles. The van der Waals surface area contributed by atoms with Gasteiger partial charge in [-0.05, 0) is 57.3 Å². The summed E-state index contributed by atoms with van der Waals surface area (Å²) in [5, 5.41) is 3.53. The number of hydrogen-bond acceptors (Lipinski definition) is 2. The van der Waals surface area contributed by atoms with Crippen molar-refractivity contribution in [3.8, 4) is 0 Å². The summed E-state index contributed by atoms with van der Waals surface area (Å²) in [4.78, 5) is 2.48. The maximum Gasteiger partial charge on any atom is 0.00328 e. The third-order valence-electron chi connectivity index (χ3n) is 3.68. The molecule has 0 amide bonds. The molecule has 1 aliphatic rings. The molecule has 90 valence electrons. The van der Waals surface area contributed by atoms with Gasteiger partial charge in [0.25, 0.3) is 0 Å². The van der Waals surface area contributed by atoms with Crippen molar-refractivity contribution in [1.29, 1.82) is 0 Å². The minimum atomic E-state index is 0.456. The summed E-state index contributed by atoms with van der Waals surface area (Å²) >= 11 is 0. The number of piperidine rings is 1. The van der Waals surface area contributed by atoms with E-state index in [9.17, 15) is 0 Å². The number of nitrogens with one attached hydrogen (secondary N) is 1. The van der Waals surface area contributed by atoms with Crippen LogP contribution >= 0.6 is 0 Å². The highest BCUT2D eigenvalue weighted by Crippen LogP contribution is 2.32. The lowest BCUT2D eigenvalue weighted by molar-refractivity contribution is 0.114. The molecule has 1 unspecified atom stereocenters. The van der Waals surface area contributed by atoms with Gasteiger partial charge >= 0.3 is 0 Å². The van der Waals surface area contributed by atoms with Gasteiger partial charge in [0.1, 0.15) is 0 Å². The van der Waals surface area contributed by atoms with Crippen molar-refractivity contribution >= 4 is 0 Å². The summed E-state index contributed by atoms with van der Waals surface area (Å²) < 4.78 is 0. The van der Waals surface area contributed by atoms with Gasteiger partial charge in [0.15, 0.2) is 0 Å². The molecule has 0 aromatic heterocycles. The van der Waals surface area contributed by atoms with Crippen LogP contribution in [0, 0.1) is 11.3 Å². The summed E-state index contributed by atoms with van der Waals surface area (Å²) in [7, 11) is 2.25. The van der Waals surface area contributed by atoms with Gasteiger partial charge in [-0.3, -0.25) is 0 Å². The number of rotatable bonds is 5. The minimum absolute atomic E-state index is 0.456. The molecular formula is C13H28N2. The molecule has 0 saturated carbocycles. The van der Waals surface area contributed by atoms with E-state index in [1.165, 1.54) is 45.4 Å². The van der Waals surface area contributed by atoms with E-state index in [4.69, 9.17) is 0 Å². The van der Waals surface area contributed by atoms with E-state index < -0.39 is 0 Å². The smallest absolute Gasteiger partial charge is 0.00328 e. The van der Waals surface area contributed by atoms with Crippen LogP contribution in [0.3, 0.4) is 0 Å². The highest BCUT2D eigenvalue weighted by molar-refractivity contribution is 4.84. The van der Waals surface area contributed by atoms with Crippen LogP contribution in [0.2, 0.25) is 0 Å². The number of hydrogen-bond donors (Lipinski definition) is 1. The van der Waals surface area contributed by atoms with Crippen molar-refractivity contribution in [2.75, 3.05) is 33.2 Å². The summed E-state index contributed by atoms with van der Waals surface area (Å²) in [5.41, 5.74) is 0.456. The largest absolute Gasteiger partial charge is 0.316 e. The van der Waals surface area contributed by atoms with Gasteiger partial charge in [-0.2, -0.15) is 0 Å². The topological polar surface area (TPSA) is 15.3 Å². The lowest BCUT2D eigenvalue weighted by atomic mass is 9.74. The van der Waals surface area contributed by atoms with Gasteiger partial charge in [0.05, 0.1) is 0 Å². The molecule has 0 aromatic rings. The van der Waals surface area contributed by atoms with Gasteiger partial charge in [-0.25, -0.2) is 0 Å². The molecule has 2 heteroatoms. The molecule has 1 fully saturated rings. The van der Waals surface area contributed by atoms with Crippen molar-refractivity contribution in [3.05, 3.63) is 0 Å². The Labute approximate surface area is 95.4 Å². The number of nitrogens with zero attached hydrogens (tertiary/aromatic N) is 1. The van der Waals surface area contributed by atoms with Crippen LogP contribution in [0.15, 0.2) is 0 Å². The Bertz CT molecular complexity index is 171. The molecule has 1 N–H and O–H groups in total. The quantitative estimate of drug-likeness (QED) is 0.752. The molecule has 0 aromatic carbocycles. The van der Waals surface area contributed by atoms with Crippen LogP contribution in [-0.2, 0) is 0 Å². The van der Waals surface area contributed by atoms with Crippen LogP contribution in [-0.4, -0.2) is 38.1 Å². The Morgan fingerprint density at radius 1 is 1.40 bits per heavy atom. The van der Waals surface area contributed by atoms with Gasteiger partial charge in [-0.15, -0.1) is 0 Å². The van der Waals surface area contributed by atoms with E-state index in [0.29, 0.717) is 5.41 Å². The molecule has 2 nitrogen and oxygen atoms in total. The normalized spacial score (nSPS) is 23.4. The Balaban J connectivity index is 2.41. The standard InChI is InChI=1S/C13H28N2/c1-5-9-15(4)11-13(2,3)12-7-6-8-14-10-12/h12,14H,5-11H2,1-4H3. The Hall–Kier alpha value is -0.0800.